The summed E-state index contributed by atoms with van der Waals surface area (Å²) >= 11 is 0. The number of hydrogen-bond donors (Lipinski definition) is 1. The van der Waals surface area contributed by atoms with Crippen LogP contribution in [0.2, 0.25) is 0 Å². The van der Waals surface area contributed by atoms with E-state index < -0.39 is 0 Å². The lowest BCUT2D eigenvalue weighted by Crippen LogP contribution is -2.47. The van der Waals surface area contributed by atoms with Crippen molar-refractivity contribution in [3.63, 3.8) is 0 Å². The minimum Gasteiger partial charge on any atom is -0.496 e. The van der Waals surface area contributed by atoms with Crippen LogP contribution in [-0.2, 0) is 11.3 Å². The molecule has 134 valence electrons. The molecule has 1 fully saturated rings. The van der Waals surface area contributed by atoms with E-state index in [9.17, 15) is 4.79 Å². The zero-order valence-electron chi connectivity index (χ0n) is 14.9. The molecule has 1 saturated heterocycles. The summed E-state index contributed by atoms with van der Waals surface area (Å²) in [6, 6.07) is 12.0. The Labute approximate surface area is 151 Å². The molecule has 0 aliphatic carbocycles. The van der Waals surface area contributed by atoms with E-state index in [2.05, 4.69) is 10.2 Å². The van der Waals surface area contributed by atoms with Crippen LogP contribution in [-0.4, -0.2) is 42.5 Å². The summed E-state index contributed by atoms with van der Waals surface area (Å²) in [7, 11) is 1.67. The van der Waals surface area contributed by atoms with E-state index in [1.54, 1.807) is 7.11 Å². The zero-order chi connectivity index (χ0) is 18.1. The van der Waals surface area contributed by atoms with E-state index in [4.69, 9.17) is 14.1 Å². The molecule has 1 N–H and O–H groups in total. The van der Waals surface area contributed by atoms with E-state index in [1.807, 2.05) is 43.3 Å². The molecule has 0 spiro atoms. The van der Waals surface area contributed by atoms with Crippen molar-refractivity contribution in [1.29, 1.82) is 0 Å². The van der Waals surface area contributed by atoms with Gasteiger partial charge in [0.1, 0.15) is 11.5 Å². The summed E-state index contributed by atoms with van der Waals surface area (Å²) in [5.41, 5.74) is 1.81. The molecule has 2 aromatic carbocycles. The van der Waals surface area contributed by atoms with Crippen LogP contribution in [0.1, 0.15) is 11.5 Å². The number of methoxy groups -OCH3 is 1. The van der Waals surface area contributed by atoms with Crippen molar-refractivity contribution in [2.45, 2.75) is 13.5 Å². The molecule has 2 heterocycles. The van der Waals surface area contributed by atoms with Gasteiger partial charge < -0.3 is 14.5 Å². The molecule has 1 aliphatic heterocycles. The van der Waals surface area contributed by atoms with E-state index in [1.165, 1.54) is 0 Å². The van der Waals surface area contributed by atoms with Gasteiger partial charge >= 0.3 is 0 Å². The first-order chi connectivity index (χ1) is 12.7. The lowest BCUT2D eigenvalue weighted by molar-refractivity contribution is -0.124. The number of oxazole rings is 1. The van der Waals surface area contributed by atoms with Crippen LogP contribution < -0.4 is 10.1 Å². The van der Waals surface area contributed by atoms with Crippen molar-refractivity contribution in [2.24, 2.45) is 0 Å². The quantitative estimate of drug-likeness (QED) is 0.783. The van der Waals surface area contributed by atoms with Crippen LogP contribution >= 0.6 is 0 Å². The van der Waals surface area contributed by atoms with Gasteiger partial charge in [0.05, 0.1) is 19.3 Å². The van der Waals surface area contributed by atoms with Gasteiger partial charge in [0.25, 0.3) is 0 Å². The van der Waals surface area contributed by atoms with Crippen LogP contribution in [0.25, 0.3) is 22.2 Å². The number of rotatable bonds is 4. The molecule has 26 heavy (non-hydrogen) atoms. The molecule has 0 unspecified atom stereocenters. The highest BCUT2D eigenvalue weighted by atomic mass is 16.5. The highest BCUT2D eigenvalue weighted by Crippen LogP contribution is 2.34. The second-order valence-corrected chi connectivity index (χ2v) is 6.44. The van der Waals surface area contributed by atoms with E-state index in [-0.39, 0.29) is 5.91 Å². The maximum atomic E-state index is 11.6. The maximum Gasteiger partial charge on any atom is 0.234 e. The monoisotopic (exact) mass is 351 g/mol. The van der Waals surface area contributed by atoms with Gasteiger partial charge in [-0.15, -0.1) is 0 Å². The highest BCUT2D eigenvalue weighted by molar-refractivity contribution is 5.98. The molecule has 4 rings (SSSR count). The predicted octanol–water partition coefficient (Wildman–Crippen LogP) is 2.74. The summed E-state index contributed by atoms with van der Waals surface area (Å²) in [6.07, 6.45) is 0. The Morgan fingerprint density at radius 1 is 1.23 bits per heavy atom. The number of fused-ring (bicyclic) bond motifs is 1. The third-order valence-electron chi connectivity index (χ3n) is 4.72. The fourth-order valence-electron chi connectivity index (χ4n) is 3.36. The molecule has 1 aromatic heterocycles. The van der Waals surface area contributed by atoms with Crippen molar-refractivity contribution in [2.75, 3.05) is 26.7 Å². The summed E-state index contributed by atoms with van der Waals surface area (Å²) in [5, 5.41) is 4.90. The topological polar surface area (TPSA) is 67.6 Å². The first-order valence-corrected chi connectivity index (χ1v) is 8.67. The van der Waals surface area contributed by atoms with Gasteiger partial charge in [-0.2, -0.15) is 0 Å². The van der Waals surface area contributed by atoms with Gasteiger partial charge in [-0.25, -0.2) is 4.98 Å². The van der Waals surface area contributed by atoms with Crippen LogP contribution in [0.15, 0.2) is 40.8 Å². The smallest absolute Gasteiger partial charge is 0.234 e. The predicted molar refractivity (Wildman–Crippen MR) is 99.0 cm³/mol. The largest absolute Gasteiger partial charge is 0.496 e. The third kappa shape index (κ3) is 3.04. The van der Waals surface area contributed by atoms with Gasteiger partial charge in [-0.1, -0.05) is 24.3 Å². The number of carbonyl (C=O) groups is 1. The van der Waals surface area contributed by atoms with Crippen molar-refractivity contribution in [3.05, 3.63) is 47.9 Å². The number of benzene rings is 2. The summed E-state index contributed by atoms with van der Waals surface area (Å²) in [4.78, 5) is 18.4. The van der Waals surface area contributed by atoms with Crippen molar-refractivity contribution in [3.8, 4) is 17.2 Å². The Hall–Kier alpha value is -2.86. The van der Waals surface area contributed by atoms with Gasteiger partial charge in [0.15, 0.2) is 0 Å². The van der Waals surface area contributed by atoms with Crippen LogP contribution in [0.3, 0.4) is 0 Å². The highest BCUT2D eigenvalue weighted by Gasteiger charge is 2.20. The standard InChI is InChI=1S/C20H21N3O3/c1-13-17(11-23-10-9-21-19(24)12-23)22-20(26-13)16-7-8-18(25-2)15-6-4-3-5-14(15)16/h3-8H,9-12H2,1-2H3,(H,21,24). The number of ether oxygens (including phenoxy) is 1. The number of amides is 1. The van der Waals surface area contributed by atoms with Crippen molar-refractivity contribution in [1.82, 2.24) is 15.2 Å². The van der Waals surface area contributed by atoms with Crippen molar-refractivity contribution >= 4 is 16.7 Å². The fourth-order valence-corrected chi connectivity index (χ4v) is 3.36. The van der Waals surface area contributed by atoms with Crippen molar-refractivity contribution < 1.29 is 13.9 Å². The normalized spacial score (nSPS) is 15.2. The Kier molecular flexibility index (Phi) is 4.34. The molecule has 6 heteroatoms. The zero-order valence-corrected chi connectivity index (χ0v) is 14.9. The van der Waals surface area contributed by atoms with Gasteiger partial charge in [0.2, 0.25) is 11.8 Å². The van der Waals surface area contributed by atoms with Gasteiger partial charge in [-0.3, -0.25) is 9.69 Å². The van der Waals surface area contributed by atoms with E-state index in [0.717, 1.165) is 40.1 Å². The second-order valence-electron chi connectivity index (χ2n) is 6.44. The second kappa shape index (κ2) is 6.80. The molecule has 1 amide bonds. The number of hydrogen-bond acceptors (Lipinski definition) is 5. The minimum absolute atomic E-state index is 0.0544. The summed E-state index contributed by atoms with van der Waals surface area (Å²) in [5.74, 6) is 2.26. The van der Waals surface area contributed by atoms with Gasteiger partial charge in [-0.05, 0) is 24.4 Å². The molecule has 0 bridgehead atoms. The third-order valence-corrected chi connectivity index (χ3v) is 4.72. The molecular formula is C20H21N3O3. The fraction of sp³-hybridized carbons (Fsp3) is 0.300. The number of nitrogens with one attached hydrogen (secondary N) is 1. The first-order valence-electron chi connectivity index (χ1n) is 8.67. The number of nitrogens with zero attached hydrogens (tertiary/aromatic N) is 2. The SMILES string of the molecule is COc1ccc(-c2nc(CN3CCNC(=O)C3)c(C)o2)c2ccccc12. The Balaban J connectivity index is 1.69. The lowest BCUT2D eigenvalue weighted by Gasteiger charge is -2.25. The van der Waals surface area contributed by atoms with Crippen LogP contribution in [0.5, 0.6) is 5.75 Å². The molecule has 0 radical (unpaired) electrons. The molecule has 0 saturated carbocycles. The average Bonchev–Trinajstić information content (AvgIpc) is 3.01. The number of aryl methyl sites for hydroxylation is 1. The maximum absolute atomic E-state index is 11.6. The lowest BCUT2D eigenvalue weighted by atomic mass is 10.0. The Morgan fingerprint density at radius 3 is 2.81 bits per heavy atom. The van der Waals surface area contributed by atoms with E-state index in [0.29, 0.717) is 25.5 Å². The summed E-state index contributed by atoms with van der Waals surface area (Å²) in [6.45, 7) is 4.41. The summed E-state index contributed by atoms with van der Waals surface area (Å²) < 4.78 is 11.4. The molecule has 3 aromatic rings. The number of carbonyl (C=O) groups excluding carboxylic acids is 1. The Bertz CT molecular complexity index is 964. The van der Waals surface area contributed by atoms with Crippen LogP contribution in [0, 0.1) is 6.92 Å². The molecule has 6 nitrogen and oxygen atoms in total. The first kappa shape index (κ1) is 16.6. The number of aromatic nitrogens is 1. The minimum atomic E-state index is 0.0544. The molecular weight excluding hydrogens is 330 g/mol. The van der Waals surface area contributed by atoms with Crippen LogP contribution in [0.4, 0.5) is 0 Å². The van der Waals surface area contributed by atoms with Gasteiger partial charge in [0, 0.05) is 30.6 Å². The molecule has 1 aliphatic rings. The average molecular weight is 351 g/mol. The number of piperazine rings is 1. The van der Waals surface area contributed by atoms with E-state index >= 15 is 0 Å². The molecule has 0 atom stereocenters. The Morgan fingerprint density at radius 2 is 2.04 bits per heavy atom.